The van der Waals surface area contributed by atoms with Gasteiger partial charge in [0.05, 0.1) is 0 Å². The average molecular weight is 297 g/mol. The smallest absolute Gasteiger partial charge is 0.359 e. The first-order valence-electron chi connectivity index (χ1n) is 6.91. The maximum Gasteiger partial charge on any atom is 0.412 e. The third-order valence-corrected chi connectivity index (χ3v) is 4.24. The van der Waals surface area contributed by atoms with Crippen LogP contribution in [0, 0.1) is 5.82 Å². The third kappa shape index (κ3) is 2.69. The molecule has 3 rings (SSSR count). The summed E-state index contributed by atoms with van der Waals surface area (Å²) in [6.07, 6.45) is 3.01. The summed E-state index contributed by atoms with van der Waals surface area (Å²) in [4.78, 5) is 1.39. The molecule has 0 amide bonds. The molecule has 1 heterocycles. The van der Waals surface area contributed by atoms with E-state index >= 15 is 0 Å². The molecule has 1 aliphatic heterocycles. The van der Waals surface area contributed by atoms with Crippen LogP contribution in [0.1, 0.15) is 24.3 Å². The Morgan fingerprint density at radius 2 is 1.71 bits per heavy atom. The molecule has 21 heavy (non-hydrogen) atoms. The topological polar surface area (TPSA) is 3.24 Å². The first-order valence-corrected chi connectivity index (χ1v) is 6.91. The number of benzene rings is 1. The third-order valence-electron chi connectivity index (χ3n) is 4.24. The molecule has 2 aliphatic rings. The SMILES string of the molecule is Fc1ccc([C@@H]2CC[C@@H]2N2C=CC=CC2C(F)(F)F)cc1. The van der Waals surface area contributed by atoms with E-state index in [0.29, 0.717) is 6.42 Å². The minimum Gasteiger partial charge on any atom is -0.359 e. The van der Waals surface area contributed by atoms with Crippen molar-refractivity contribution in [2.24, 2.45) is 0 Å². The Morgan fingerprint density at radius 3 is 2.29 bits per heavy atom. The quantitative estimate of drug-likeness (QED) is 0.732. The van der Waals surface area contributed by atoms with Crippen molar-refractivity contribution < 1.29 is 17.6 Å². The Balaban J connectivity index is 1.81. The lowest BCUT2D eigenvalue weighted by molar-refractivity contribution is -0.173. The van der Waals surface area contributed by atoms with Crippen LogP contribution >= 0.6 is 0 Å². The predicted molar refractivity (Wildman–Crippen MR) is 72.1 cm³/mol. The first kappa shape index (κ1) is 14.2. The Morgan fingerprint density at radius 1 is 1.00 bits per heavy atom. The molecule has 112 valence electrons. The molecule has 3 atom stereocenters. The van der Waals surface area contributed by atoms with E-state index in [-0.39, 0.29) is 17.8 Å². The van der Waals surface area contributed by atoms with Crippen LogP contribution in [0.25, 0.3) is 0 Å². The number of halogens is 4. The molecule has 1 unspecified atom stereocenters. The van der Waals surface area contributed by atoms with Crippen molar-refractivity contribution in [2.45, 2.75) is 37.0 Å². The van der Waals surface area contributed by atoms with Crippen molar-refractivity contribution in [1.82, 2.24) is 4.90 Å². The van der Waals surface area contributed by atoms with Crippen LogP contribution in [0.5, 0.6) is 0 Å². The fourth-order valence-corrected chi connectivity index (χ4v) is 3.04. The maximum atomic E-state index is 13.1. The molecule has 5 heteroatoms. The van der Waals surface area contributed by atoms with Crippen molar-refractivity contribution in [3.05, 3.63) is 60.1 Å². The zero-order valence-electron chi connectivity index (χ0n) is 11.2. The molecular weight excluding hydrogens is 282 g/mol. The summed E-state index contributed by atoms with van der Waals surface area (Å²) in [5.74, 6) is -0.310. The number of rotatable bonds is 2. The Labute approximate surface area is 120 Å². The van der Waals surface area contributed by atoms with Gasteiger partial charge in [-0.15, -0.1) is 0 Å². The highest BCUT2D eigenvalue weighted by atomic mass is 19.4. The number of alkyl halides is 3. The molecule has 1 saturated carbocycles. The van der Waals surface area contributed by atoms with Crippen LogP contribution in [0.4, 0.5) is 17.6 Å². The van der Waals surface area contributed by atoms with Gasteiger partial charge < -0.3 is 4.90 Å². The van der Waals surface area contributed by atoms with Gasteiger partial charge >= 0.3 is 6.18 Å². The van der Waals surface area contributed by atoms with Crippen molar-refractivity contribution in [1.29, 1.82) is 0 Å². The first-order chi connectivity index (χ1) is 9.97. The highest BCUT2D eigenvalue weighted by molar-refractivity contribution is 5.27. The molecule has 0 aromatic heterocycles. The monoisotopic (exact) mass is 297 g/mol. The van der Waals surface area contributed by atoms with Gasteiger partial charge in [-0.05, 0) is 36.6 Å². The van der Waals surface area contributed by atoms with Gasteiger partial charge in [0.2, 0.25) is 0 Å². The maximum absolute atomic E-state index is 13.1. The zero-order valence-corrected chi connectivity index (χ0v) is 11.2. The average Bonchev–Trinajstić information content (AvgIpc) is 2.39. The van der Waals surface area contributed by atoms with Crippen LogP contribution < -0.4 is 0 Å². The summed E-state index contributed by atoms with van der Waals surface area (Å²) in [7, 11) is 0. The number of nitrogens with zero attached hydrogens (tertiary/aromatic N) is 1. The van der Waals surface area contributed by atoms with Gasteiger partial charge in [-0.25, -0.2) is 4.39 Å². The summed E-state index contributed by atoms with van der Waals surface area (Å²) in [5.41, 5.74) is 0.900. The van der Waals surface area contributed by atoms with E-state index in [1.54, 1.807) is 18.2 Å². The van der Waals surface area contributed by atoms with E-state index in [4.69, 9.17) is 0 Å². The Bertz CT molecular complexity index is 559. The van der Waals surface area contributed by atoms with Crippen molar-refractivity contribution in [3.8, 4) is 0 Å². The summed E-state index contributed by atoms with van der Waals surface area (Å²) >= 11 is 0. The van der Waals surface area contributed by atoms with Crippen molar-refractivity contribution >= 4 is 0 Å². The highest BCUT2D eigenvalue weighted by Crippen LogP contribution is 2.44. The van der Waals surface area contributed by atoms with Gasteiger partial charge in [-0.2, -0.15) is 13.2 Å². The number of hydrogen-bond acceptors (Lipinski definition) is 1. The second kappa shape index (κ2) is 5.20. The summed E-state index contributed by atoms with van der Waals surface area (Å²) < 4.78 is 52.3. The van der Waals surface area contributed by atoms with Crippen LogP contribution in [0.3, 0.4) is 0 Å². The fraction of sp³-hybridized carbons (Fsp3) is 0.375. The van der Waals surface area contributed by atoms with E-state index in [1.165, 1.54) is 35.4 Å². The largest absolute Gasteiger partial charge is 0.412 e. The normalized spacial score (nSPS) is 28.6. The molecule has 0 spiro atoms. The summed E-state index contributed by atoms with van der Waals surface area (Å²) in [6, 6.07) is 4.28. The lowest BCUT2D eigenvalue weighted by Crippen LogP contribution is -2.52. The molecule has 0 radical (unpaired) electrons. The Hall–Kier alpha value is -1.78. The van der Waals surface area contributed by atoms with Crippen molar-refractivity contribution in [3.63, 3.8) is 0 Å². The van der Waals surface area contributed by atoms with Gasteiger partial charge in [-0.1, -0.05) is 24.3 Å². The summed E-state index contributed by atoms with van der Waals surface area (Å²) in [6.45, 7) is 0. The lowest BCUT2D eigenvalue weighted by Gasteiger charge is -2.48. The van der Waals surface area contributed by atoms with Gasteiger partial charge in [-0.3, -0.25) is 0 Å². The second-order valence-corrected chi connectivity index (χ2v) is 5.46. The molecule has 1 nitrogen and oxygen atoms in total. The minimum atomic E-state index is -4.29. The second-order valence-electron chi connectivity index (χ2n) is 5.46. The van der Waals surface area contributed by atoms with E-state index in [1.807, 2.05) is 0 Å². The molecular formula is C16H15F4N. The number of allylic oxidation sites excluding steroid dienone is 2. The molecule has 1 fully saturated rings. The lowest BCUT2D eigenvalue weighted by atomic mass is 9.73. The summed E-state index contributed by atoms with van der Waals surface area (Å²) in [5, 5.41) is 0. The Kier molecular flexibility index (Phi) is 3.51. The van der Waals surface area contributed by atoms with Gasteiger partial charge in [0.1, 0.15) is 11.9 Å². The highest BCUT2D eigenvalue weighted by Gasteiger charge is 2.47. The fourth-order valence-electron chi connectivity index (χ4n) is 3.04. The van der Waals surface area contributed by atoms with Crippen LogP contribution in [-0.2, 0) is 0 Å². The van der Waals surface area contributed by atoms with Gasteiger partial charge in [0.15, 0.2) is 0 Å². The van der Waals surface area contributed by atoms with Crippen LogP contribution in [-0.4, -0.2) is 23.2 Å². The van der Waals surface area contributed by atoms with Crippen LogP contribution in [0.2, 0.25) is 0 Å². The molecule has 1 aromatic rings. The van der Waals surface area contributed by atoms with Crippen LogP contribution in [0.15, 0.2) is 48.7 Å². The van der Waals surface area contributed by atoms with E-state index < -0.39 is 12.2 Å². The number of hydrogen-bond donors (Lipinski definition) is 0. The molecule has 1 aliphatic carbocycles. The van der Waals surface area contributed by atoms with Gasteiger partial charge in [0.25, 0.3) is 0 Å². The molecule has 0 saturated heterocycles. The predicted octanol–water partition coefficient (Wildman–Crippen LogP) is 4.39. The zero-order chi connectivity index (χ0) is 15.0. The van der Waals surface area contributed by atoms with E-state index in [2.05, 4.69) is 0 Å². The minimum absolute atomic E-state index is 0.0200. The standard InChI is InChI=1S/C16H15F4N/c17-12-6-4-11(5-7-12)13-8-9-14(13)21-10-2-1-3-15(21)16(18,19)20/h1-7,10,13-15H,8-9H2/t13-,14-,15?/m0/s1. The molecule has 1 aromatic carbocycles. The van der Waals surface area contributed by atoms with E-state index in [0.717, 1.165) is 12.0 Å². The van der Waals surface area contributed by atoms with Gasteiger partial charge in [0, 0.05) is 18.2 Å². The molecule has 0 N–H and O–H groups in total. The van der Waals surface area contributed by atoms with E-state index in [9.17, 15) is 17.6 Å². The molecule has 0 bridgehead atoms. The van der Waals surface area contributed by atoms with Crippen molar-refractivity contribution in [2.75, 3.05) is 0 Å².